The minimum atomic E-state index is -2.98. The number of ketones is 1. The molecule has 1 aromatic carbocycles. The van der Waals surface area contributed by atoms with Crippen molar-refractivity contribution < 1.29 is 13.2 Å². The number of carbonyl (C=O) groups excluding carboxylic acids is 1. The van der Waals surface area contributed by atoms with Gasteiger partial charge in [-0.25, -0.2) is 13.4 Å². The van der Waals surface area contributed by atoms with Gasteiger partial charge in [0.1, 0.15) is 15.5 Å². The summed E-state index contributed by atoms with van der Waals surface area (Å²) in [7, 11) is -2.98. The highest BCUT2D eigenvalue weighted by molar-refractivity contribution is 7.91. The van der Waals surface area contributed by atoms with E-state index in [2.05, 4.69) is 0 Å². The number of hydrogen-bond acceptors (Lipinski definition) is 4. The van der Waals surface area contributed by atoms with Gasteiger partial charge < -0.3 is 0 Å². The molecule has 1 saturated carbocycles. The Balaban J connectivity index is 1.67. The van der Waals surface area contributed by atoms with Crippen LogP contribution < -0.4 is 0 Å². The Morgan fingerprint density at radius 1 is 1.04 bits per heavy atom. The van der Waals surface area contributed by atoms with Gasteiger partial charge in [0.2, 0.25) is 0 Å². The fraction of sp³-hybridized carbons (Fsp3) is 0.400. The van der Waals surface area contributed by atoms with E-state index in [0.717, 1.165) is 29.7 Å². The lowest BCUT2D eigenvalue weighted by Gasteiger charge is -2.21. The minimum Gasteiger partial charge on any atom is -0.292 e. The maximum Gasteiger partial charge on any atom is 0.184 e. The van der Waals surface area contributed by atoms with Gasteiger partial charge in [0.05, 0.1) is 17.2 Å². The Labute approximate surface area is 158 Å². The minimum absolute atomic E-state index is 0.0504. The predicted octanol–water partition coefficient (Wildman–Crippen LogP) is 4.29. The number of halogens is 1. The van der Waals surface area contributed by atoms with Crippen molar-refractivity contribution in [3.05, 3.63) is 52.7 Å². The average Bonchev–Trinajstić information content (AvgIpc) is 3.46. The summed E-state index contributed by atoms with van der Waals surface area (Å²) in [5, 5.41) is 0.639. The van der Waals surface area contributed by atoms with Crippen LogP contribution in [0.3, 0.4) is 0 Å². The van der Waals surface area contributed by atoms with Crippen LogP contribution in [0.5, 0.6) is 0 Å². The maximum absolute atomic E-state index is 12.9. The second-order valence-electron chi connectivity index (χ2n) is 7.21. The van der Waals surface area contributed by atoms with Crippen molar-refractivity contribution in [2.24, 2.45) is 5.92 Å². The van der Waals surface area contributed by atoms with Crippen molar-refractivity contribution in [1.29, 1.82) is 0 Å². The fourth-order valence-electron chi connectivity index (χ4n) is 3.56. The number of pyridine rings is 1. The van der Waals surface area contributed by atoms with Crippen LogP contribution in [-0.2, 0) is 9.84 Å². The summed E-state index contributed by atoms with van der Waals surface area (Å²) in [5.41, 5.74) is 3.33. The third-order valence-electron chi connectivity index (χ3n) is 5.22. The maximum atomic E-state index is 12.9. The normalized spacial score (nSPS) is 20.0. The van der Waals surface area contributed by atoms with Crippen LogP contribution in [-0.4, -0.2) is 30.7 Å². The molecule has 1 aliphatic heterocycles. The highest BCUT2D eigenvalue weighted by Gasteiger charge is 2.31. The van der Waals surface area contributed by atoms with E-state index in [9.17, 15) is 13.2 Å². The molecule has 26 heavy (non-hydrogen) atoms. The number of aromatic nitrogens is 1. The molecule has 0 atom stereocenters. The standard InChI is InChI=1S/C20H20ClNO3S/c21-16-3-1-2-15(12-16)19-17(13-4-5-13)6-7-18(22-19)20(23)14-8-10-26(24,25)11-9-14/h1-3,6-7,12-14H,4-5,8-11H2. The van der Waals surface area contributed by atoms with E-state index in [4.69, 9.17) is 16.6 Å². The molecule has 2 aromatic rings. The quantitative estimate of drug-likeness (QED) is 0.732. The SMILES string of the molecule is O=C(c1ccc(C2CC2)c(-c2cccc(Cl)c2)n1)C1CCS(=O)(=O)CC1. The zero-order chi connectivity index (χ0) is 18.3. The summed E-state index contributed by atoms with van der Waals surface area (Å²) in [5.74, 6) is 0.367. The van der Waals surface area contributed by atoms with Gasteiger partial charge in [-0.3, -0.25) is 4.79 Å². The molecule has 1 aliphatic carbocycles. The first-order chi connectivity index (χ1) is 12.4. The molecule has 4 nitrogen and oxygen atoms in total. The molecule has 0 N–H and O–H groups in total. The molecule has 0 amide bonds. The fourth-order valence-corrected chi connectivity index (χ4v) is 5.24. The van der Waals surface area contributed by atoms with Crippen LogP contribution in [0, 0.1) is 5.92 Å². The van der Waals surface area contributed by atoms with Gasteiger partial charge in [0, 0.05) is 16.5 Å². The zero-order valence-corrected chi connectivity index (χ0v) is 15.9. The molecule has 136 valence electrons. The van der Waals surface area contributed by atoms with Gasteiger partial charge in [0.25, 0.3) is 0 Å². The third kappa shape index (κ3) is 3.69. The lowest BCUT2D eigenvalue weighted by Crippen LogP contribution is -2.28. The van der Waals surface area contributed by atoms with Gasteiger partial charge >= 0.3 is 0 Å². The molecule has 1 saturated heterocycles. The summed E-state index contributed by atoms with van der Waals surface area (Å²) in [4.78, 5) is 17.6. The predicted molar refractivity (Wildman–Crippen MR) is 102 cm³/mol. The lowest BCUT2D eigenvalue weighted by molar-refractivity contribution is 0.0907. The Hall–Kier alpha value is -1.72. The monoisotopic (exact) mass is 389 g/mol. The van der Waals surface area contributed by atoms with Crippen molar-refractivity contribution in [2.75, 3.05) is 11.5 Å². The summed E-state index contributed by atoms with van der Waals surface area (Å²) < 4.78 is 23.2. The van der Waals surface area contributed by atoms with E-state index >= 15 is 0 Å². The summed E-state index contributed by atoms with van der Waals surface area (Å²) in [6.45, 7) is 0. The first-order valence-corrected chi connectivity index (χ1v) is 11.1. The molecule has 0 unspecified atom stereocenters. The number of nitrogens with zero attached hydrogens (tertiary/aromatic N) is 1. The smallest absolute Gasteiger partial charge is 0.184 e. The first-order valence-electron chi connectivity index (χ1n) is 8.94. The lowest BCUT2D eigenvalue weighted by atomic mass is 9.94. The molecule has 4 rings (SSSR count). The van der Waals surface area contributed by atoms with Crippen LogP contribution >= 0.6 is 11.6 Å². The average molecular weight is 390 g/mol. The van der Waals surface area contributed by atoms with Gasteiger partial charge in [-0.2, -0.15) is 0 Å². The van der Waals surface area contributed by atoms with Crippen molar-refractivity contribution in [3.63, 3.8) is 0 Å². The molecule has 0 spiro atoms. The van der Waals surface area contributed by atoms with Gasteiger partial charge in [0.15, 0.2) is 5.78 Å². The van der Waals surface area contributed by atoms with E-state index in [1.807, 2.05) is 30.3 Å². The molecule has 6 heteroatoms. The number of sulfone groups is 1. The number of carbonyl (C=O) groups is 1. The van der Waals surface area contributed by atoms with Crippen LogP contribution in [0.4, 0.5) is 0 Å². The van der Waals surface area contributed by atoms with Crippen molar-refractivity contribution in [1.82, 2.24) is 4.98 Å². The van der Waals surface area contributed by atoms with E-state index < -0.39 is 9.84 Å². The number of benzene rings is 1. The summed E-state index contributed by atoms with van der Waals surface area (Å²) in [6, 6.07) is 11.3. The topological polar surface area (TPSA) is 64.1 Å². The molecular weight excluding hydrogens is 370 g/mol. The van der Waals surface area contributed by atoms with Crippen LogP contribution in [0.2, 0.25) is 5.02 Å². The second kappa shape index (κ2) is 6.78. The first kappa shape index (κ1) is 17.7. The molecule has 2 fully saturated rings. The van der Waals surface area contributed by atoms with E-state index in [-0.39, 0.29) is 23.2 Å². The number of rotatable bonds is 4. The molecular formula is C20H20ClNO3S. The van der Waals surface area contributed by atoms with Crippen molar-refractivity contribution >= 4 is 27.2 Å². The second-order valence-corrected chi connectivity index (χ2v) is 9.95. The largest absolute Gasteiger partial charge is 0.292 e. The summed E-state index contributed by atoms with van der Waals surface area (Å²) in [6.07, 6.45) is 3.06. The van der Waals surface area contributed by atoms with Crippen molar-refractivity contribution in [3.8, 4) is 11.3 Å². The van der Waals surface area contributed by atoms with E-state index in [1.165, 1.54) is 0 Å². The zero-order valence-electron chi connectivity index (χ0n) is 14.3. The van der Waals surface area contributed by atoms with E-state index in [1.54, 1.807) is 6.07 Å². The van der Waals surface area contributed by atoms with Crippen LogP contribution in [0.25, 0.3) is 11.3 Å². The Morgan fingerprint density at radius 3 is 2.42 bits per heavy atom. The molecule has 2 aliphatic rings. The number of hydrogen-bond donors (Lipinski definition) is 0. The van der Waals surface area contributed by atoms with Gasteiger partial charge in [-0.05, 0) is 55.4 Å². The van der Waals surface area contributed by atoms with Crippen molar-refractivity contribution in [2.45, 2.75) is 31.6 Å². The molecule has 0 radical (unpaired) electrons. The molecule has 2 heterocycles. The Kier molecular flexibility index (Phi) is 4.61. The highest BCUT2D eigenvalue weighted by atomic mass is 35.5. The summed E-state index contributed by atoms with van der Waals surface area (Å²) >= 11 is 6.14. The van der Waals surface area contributed by atoms with E-state index in [0.29, 0.717) is 29.5 Å². The Morgan fingerprint density at radius 2 is 1.77 bits per heavy atom. The third-order valence-corrected chi connectivity index (χ3v) is 7.17. The highest BCUT2D eigenvalue weighted by Crippen LogP contribution is 2.44. The van der Waals surface area contributed by atoms with Gasteiger partial charge in [-0.1, -0.05) is 29.8 Å². The molecule has 1 aromatic heterocycles. The number of Topliss-reactive ketones (excluding diaryl/α,β-unsaturated/α-hetero) is 1. The van der Waals surface area contributed by atoms with Gasteiger partial charge in [-0.15, -0.1) is 0 Å². The Bertz CT molecular complexity index is 953. The van der Waals surface area contributed by atoms with Crippen LogP contribution in [0.15, 0.2) is 36.4 Å². The van der Waals surface area contributed by atoms with Crippen LogP contribution in [0.1, 0.15) is 47.7 Å². The molecule has 0 bridgehead atoms.